The number of anilines is 3. The molecular formula is C44H29NS. The summed E-state index contributed by atoms with van der Waals surface area (Å²) in [5, 5.41) is 7.74. The molecule has 1 aromatic heterocycles. The van der Waals surface area contributed by atoms with Crippen LogP contribution in [0.5, 0.6) is 0 Å². The summed E-state index contributed by atoms with van der Waals surface area (Å²) < 4.78 is 2.68. The molecule has 0 radical (unpaired) electrons. The zero-order valence-electron chi connectivity index (χ0n) is 25.1. The molecule has 0 aliphatic heterocycles. The quantitative estimate of drug-likeness (QED) is 0.189. The largest absolute Gasteiger partial charge is 0.310 e. The van der Waals surface area contributed by atoms with E-state index >= 15 is 0 Å². The second kappa shape index (κ2) is 11.0. The van der Waals surface area contributed by atoms with E-state index in [0.29, 0.717) is 0 Å². The van der Waals surface area contributed by atoms with E-state index in [2.05, 4.69) is 181 Å². The van der Waals surface area contributed by atoms with E-state index in [0.717, 1.165) is 17.1 Å². The highest BCUT2D eigenvalue weighted by molar-refractivity contribution is 7.26. The Morgan fingerprint density at radius 1 is 0.348 bits per heavy atom. The van der Waals surface area contributed by atoms with Crippen LogP contribution in [-0.4, -0.2) is 0 Å². The molecule has 1 heterocycles. The van der Waals surface area contributed by atoms with Crippen LogP contribution in [-0.2, 0) is 0 Å². The summed E-state index contributed by atoms with van der Waals surface area (Å²) in [5.74, 6) is 0. The summed E-state index contributed by atoms with van der Waals surface area (Å²) in [6, 6.07) is 63.9. The third-order valence-corrected chi connectivity index (χ3v) is 10.3. The second-order valence-electron chi connectivity index (χ2n) is 11.8. The second-order valence-corrected chi connectivity index (χ2v) is 12.8. The topological polar surface area (TPSA) is 3.24 Å². The molecule has 0 aliphatic carbocycles. The first-order chi connectivity index (χ1) is 22.8. The zero-order chi connectivity index (χ0) is 30.5. The van der Waals surface area contributed by atoms with Crippen molar-refractivity contribution in [2.75, 3.05) is 4.90 Å². The van der Waals surface area contributed by atoms with Crippen molar-refractivity contribution < 1.29 is 0 Å². The fraction of sp³-hybridized carbons (Fsp3) is 0. The average molecular weight is 604 g/mol. The van der Waals surface area contributed by atoms with Gasteiger partial charge in [-0.3, -0.25) is 0 Å². The SMILES string of the molecule is c1ccc(-c2ccc(N(c3ccc(-c4cccc5ccccc45)cc3)c3ccc4c(ccc5c6ccccc6sc45)c3)cc2)cc1. The van der Waals surface area contributed by atoms with E-state index < -0.39 is 0 Å². The molecule has 0 bridgehead atoms. The van der Waals surface area contributed by atoms with Gasteiger partial charge in [-0.25, -0.2) is 0 Å². The van der Waals surface area contributed by atoms with Crippen molar-refractivity contribution in [2.24, 2.45) is 0 Å². The molecular weight excluding hydrogens is 575 g/mol. The van der Waals surface area contributed by atoms with Crippen LogP contribution >= 0.6 is 11.3 Å². The molecule has 0 amide bonds. The number of hydrogen-bond donors (Lipinski definition) is 0. The Hall–Kier alpha value is -5.70. The minimum absolute atomic E-state index is 1.12. The molecule has 0 unspecified atom stereocenters. The Labute approximate surface area is 272 Å². The summed E-state index contributed by atoms with van der Waals surface area (Å²) in [7, 11) is 0. The van der Waals surface area contributed by atoms with Gasteiger partial charge in [-0.1, -0.05) is 133 Å². The van der Waals surface area contributed by atoms with Gasteiger partial charge < -0.3 is 4.90 Å². The predicted octanol–water partition coefficient (Wildman–Crippen LogP) is 13.2. The zero-order valence-corrected chi connectivity index (χ0v) is 25.9. The van der Waals surface area contributed by atoms with E-state index in [1.807, 2.05) is 11.3 Å². The maximum absolute atomic E-state index is 2.37. The number of thiophene rings is 1. The minimum Gasteiger partial charge on any atom is -0.310 e. The molecule has 0 aliphatic rings. The lowest BCUT2D eigenvalue weighted by molar-refractivity contribution is 1.29. The van der Waals surface area contributed by atoms with E-state index in [1.165, 1.54) is 64.0 Å². The van der Waals surface area contributed by atoms with Gasteiger partial charge in [-0.2, -0.15) is 0 Å². The van der Waals surface area contributed by atoms with E-state index in [4.69, 9.17) is 0 Å². The highest BCUT2D eigenvalue weighted by Gasteiger charge is 2.16. The van der Waals surface area contributed by atoms with E-state index in [-0.39, 0.29) is 0 Å². The third-order valence-electron chi connectivity index (χ3n) is 9.06. The van der Waals surface area contributed by atoms with Crippen molar-refractivity contribution in [1.29, 1.82) is 0 Å². The first kappa shape index (κ1) is 26.7. The maximum atomic E-state index is 2.37. The van der Waals surface area contributed by atoms with Gasteiger partial charge in [-0.05, 0) is 86.3 Å². The van der Waals surface area contributed by atoms with Crippen LogP contribution < -0.4 is 4.90 Å². The first-order valence-electron chi connectivity index (χ1n) is 15.7. The fourth-order valence-corrected chi connectivity index (χ4v) is 8.02. The van der Waals surface area contributed by atoms with Crippen LogP contribution in [0.1, 0.15) is 0 Å². The Bertz CT molecular complexity index is 2500. The van der Waals surface area contributed by atoms with Gasteiger partial charge in [0.1, 0.15) is 0 Å². The van der Waals surface area contributed by atoms with Crippen molar-refractivity contribution in [3.63, 3.8) is 0 Å². The summed E-state index contributed by atoms with van der Waals surface area (Å²) >= 11 is 1.88. The minimum atomic E-state index is 1.12. The van der Waals surface area contributed by atoms with Crippen molar-refractivity contribution >= 4 is 70.1 Å². The molecule has 0 saturated carbocycles. The van der Waals surface area contributed by atoms with Gasteiger partial charge in [0.05, 0.1) is 0 Å². The molecule has 0 spiro atoms. The Morgan fingerprint density at radius 3 is 1.76 bits per heavy atom. The monoisotopic (exact) mass is 603 g/mol. The maximum Gasteiger partial charge on any atom is 0.0468 e. The first-order valence-corrected chi connectivity index (χ1v) is 16.5. The predicted molar refractivity (Wildman–Crippen MR) is 200 cm³/mol. The van der Waals surface area contributed by atoms with Crippen molar-refractivity contribution in [2.45, 2.75) is 0 Å². The highest BCUT2D eigenvalue weighted by atomic mass is 32.1. The molecule has 2 heteroatoms. The molecule has 9 aromatic rings. The molecule has 1 nitrogen and oxygen atoms in total. The molecule has 0 saturated heterocycles. The molecule has 0 N–H and O–H groups in total. The lowest BCUT2D eigenvalue weighted by atomic mass is 9.98. The van der Waals surface area contributed by atoms with Crippen molar-refractivity contribution in [3.05, 3.63) is 176 Å². The van der Waals surface area contributed by atoms with Crippen LogP contribution in [0, 0.1) is 0 Å². The Kier molecular flexibility index (Phi) is 6.40. The smallest absolute Gasteiger partial charge is 0.0468 e. The van der Waals surface area contributed by atoms with Crippen molar-refractivity contribution in [1.82, 2.24) is 0 Å². The molecule has 9 rings (SSSR count). The number of nitrogens with zero attached hydrogens (tertiary/aromatic N) is 1. The number of hydrogen-bond acceptors (Lipinski definition) is 2. The van der Waals surface area contributed by atoms with E-state index in [1.54, 1.807) is 0 Å². The van der Waals surface area contributed by atoms with Gasteiger partial charge in [0.2, 0.25) is 0 Å². The molecule has 0 atom stereocenters. The van der Waals surface area contributed by atoms with Gasteiger partial charge >= 0.3 is 0 Å². The highest BCUT2D eigenvalue weighted by Crippen LogP contribution is 2.42. The molecule has 0 fully saturated rings. The standard InChI is InChI=1S/C44H29NS/c1-2-9-30(10-3-1)31-17-22-35(23-18-31)45(36-24-19-33(20-25-36)39-15-8-12-32-11-4-5-13-38(32)39)37-26-28-40-34(29-37)21-27-42-41-14-6-7-16-43(41)46-44(40)42/h1-29H. The summed E-state index contributed by atoms with van der Waals surface area (Å²) in [4.78, 5) is 2.37. The van der Waals surface area contributed by atoms with Crippen molar-refractivity contribution in [3.8, 4) is 22.3 Å². The van der Waals surface area contributed by atoms with Gasteiger partial charge in [0.25, 0.3) is 0 Å². The van der Waals surface area contributed by atoms with Gasteiger partial charge in [-0.15, -0.1) is 11.3 Å². The summed E-state index contributed by atoms with van der Waals surface area (Å²) in [5.41, 5.74) is 8.28. The third kappa shape index (κ3) is 4.54. The number of rotatable bonds is 5. The van der Waals surface area contributed by atoms with Gasteiger partial charge in [0, 0.05) is 37.2 Å². The molecule has 8 aromatic carbocycles. The van der Waals surface area contributed by atoms with Crippen LogP contribution in [0.15, 0.2) is 176 Å². The number of fused-ring (bicyclic) bond motifs is 6. The lowest BCUT2D eigenvalue weighted by Gasteiger charge is -2.26. The molecule has 216 valence electrons. The van der Waals surface area contributed by atoms with Gasteiger partial charge in [0.15, 0.2) is 0 Å². The molecule has 46 heavy (non-hydrogen) atoms. The van der Waals surface area contributed by atoms with Crippen LogP contribution in [0.2, 0.25) is 0 Å². The van der Waals surface area contributed by atoms with Crippen LogP contribution in [0.25, 0.3) is 64.0 Å². The van der Waals surface area contributed by atoms with Crippen LogP contribution in [0.3, 0.4) is 0 Å². The van der Waals surface area contributed by atoms with Crippen LogP contribution in [0.4, 0.5) is 17.1 Å². The summed E-state index contributed by atoms with van der Waals surface area (Å²) in [6.07, 6.45) is 0. The van der Waals surface area contributed by atoms with E-state index in [9.17, 15) is 0 Å². The summed E-state index contributed by atoms with van der Waals surface area (Å²) in [6.45, 7) is 0. The Morgan fingerprint density at radius 2 is 0.957 bits per heavy atom. The average Bonchev–Trinajstić information content (AvgIpc) is 3.52. The number of benzene rings is 8. The Balaban J connectivity index is 1.17. The normalized spacial score (nSPS) is 11.5. The fourth-order valence-electron chi connectivity index (χ4n) is 6.79. The lowest BCUT2D eigenvalue weighted by Crippen LogP contribution is -2.09.